The van der Waals surface area contributed by atoms with Gasteiger partial charge < -0.3 is 5.32 Å². The van der Waals surface area contributed by atoms with Crippen molar-refractivity contribution in [1.29, 1.82) is 0 Å². The molecule has 102 valence electrons. The van der Waals surface area contributed by atoms with Crippen molar-refractivity contribution in [3.63, 3.8) is 0 Å². The van der Waals surface area contributed by atoms with Gasteiger partial charge in [-0.25, -0.2) is 0 Å². The second-order valence-electron chi connectivity index (χ2n) is 4.88. The first kappa shape index (κ1) is 13.5. The molecule has 0 saturated carbocycles. The Morgan fingerprint density at radius 3 is 1.90 bits per heavy atom. The number of halogens is 2. The molecule has 0 unspecified atom stereocenters. The summed E-state index contributed by atoms with van der Waals surface area (Å²) in [5.41, 5.74) is 2.33. The van der Waals surface area contributed by atoms with Gasteiger partial charge in [0.2, 0.25) is 0 Å². The van der Waals surface area contributed by atoms with Crippen LogP contribution in [0.5, 0.6) is 0 Å². The van der Waals surface area contributed by atoms with E-state index < -0.39 is 0 Å². The molecule has 0 aromatic heterocycles. The molecule has 4 heteroatoms. The van der Waals surface area contributed by atoms with Gasteiger partial charge in [0.15, 0.2) is 0 Å². The number of amidine groups is 1. The van der Waals surface area contributed by atoms with Gasteiger partial charge in [-0.3, -0.25) is 4.99 Å². The maximum absolute atomic E-state index is 5.95. The topological polar surface area (TPSA) is 24.4 Å². The van der Waals surface area contributed by atoms with E-state index in [1.165, 1.54) is 5.56 Å². The fourth-order valence-corrected chi connectivity index (χ4v) is 2.74. The van der Waals surface area contributed by atoms with Crippen molar-refractivity contribution in [2.45, 2.75) is 19.0 Å². The first-order valence-electron chi connectivity index (χ1n) is 6.45. The molecule has 0 spiro atoms. The van der Waals surface area contributed by atoms with Crippen LogP contribution in [0.1, 0.15) is 30.1 Å². The lowest BCUT2D eigenvalue weighted by Crippen LogP contribution is -2.22. The van der Waals surface area contributed by atoms with Gasteiger partial charge in [-0.05, 0) is 42.3 Å². The molecule has 0 fully saturated rings. The smallest absolute Gasteiger partial charge is 0.101 e. The Morgan fingerprint density at radius 1 is 0.850 bits per heavy atom. The first-order valence-corrected chi connectivity index (χ1v) is 7.21. The molecule has 0 saturated heterocycles. The maximum Gasteiger partial charge on any atom is 0.101 e. The highest BCUT2D eigenvalue weighted by Crippen LogP contribution is 2.36. The minimum atomic E-state index is 0.0634. The Labute approximate surface area is 128 Å². The lowest BCUT2D eigenvalue weighted by molar-refractivity contribution is 0.572. The molecular weight excluding hydrogens is 291 g/mol. The average molecular weight is 305 g/mol. The molecule has 2 atom stereocenters. The number of aliphatic imine (C=N–C) groups is 1. The van der Waals surface area contributed by atoms with Crippen LogP contribution >= 0.6 is 23.2 Å². The van der Waals surface area contributed by atoms with Crippen LogP contribution in [0.25, 0.3) is 0 Å². The Kier molecular flexibility index (Phi) is 3.68. The SMILES string of the molecule is CC1=N[C@@H](c2ccc(Cl)cc2)[C@@H](c2ccc(Cl)cc2)N1. The zero-order valence-electron chi connectivity index (χ0n) is 11.0. The van der Waals surface area contributed by atoms with E-state index in [2.05, 4.69) is 5.32 Å². The summed E-state index contributed by atoms with van der Waals surface area (Å²) in [5, 5.41) is 4.91. The van der Waals surface area contributed by atoms with E-state index in [0.29, 0.717) is 0 Å². The Hall–Kier alpha value is -1.51. The number of hydrogen-bond donors (Lipinski definition) is 1. The van der Waals surface area contributed by atoms with Gasteiger partial charge in [0.25, 0.3) is 0 Å². The summed E-state index contributed by atoms with van der Waals surface area (Å²) in [4.78, 5) is 4.70. The zero-order chi connectivity index (χ0) is 14.1. The average Bonchev–Trinajstić information content (AvgIpc) is 2.82. The molecule has 0 aliphatic carbocycles. The van der Waals surface area contributed by atoms with Crippen LogP contribution in [0, 0.1) is 0 Å². The summed E-state index contributed by atoms with van der Waals surface area (Å²) in [6, 6.07) is 15.9. The number of hydrogen-bond acceptors (Lipinski definition) is 2. The molecule has 3 rings (SSSR count). The minimum Gasteiger partial charge on any atom is -0.365 e. The van der Waals surface area contributed by atoms with Crippen molar-refractivity contribution < 1.29 is 0 Å². The predicted molar refractivity (Wildman–Crippen MR) is 84.6 cm³/mol. The third-order valence-corrected chi connectivity index (χ3v) is 3.96. The number of rotatable bonds is 2. The summed E-state index contributed by atoms with van der Waals surface area (Å²) < 4.78 is 0. The summed E-state index contributed by atoms with van der Waals surface area (Å²) >= 11 is 11.9. The summed E-state index contributed by atoms with van der Waals surface area (Å²) in [7, 11) is 0. The van der Waals surface area contributed by atoms with Gasteiger partial charge in [0.05, 0.1) is 11.9 Å². The van der Waals surface area contributed by atoms with Gasteiger partial charge in [0, 0.05) is 10.0 Å². The number of nitrogens with zero attached hydrogens (tertiary/aromatic N) is 1. The first-order chi connectivity index (χ1) is 9.63. The lowest BCUT2D eigenvalue weighted by Gasteiger charge is -2.19. The molecule has 20 heavy (non-hydrogen) atoms. The lowest BCUT2D eigenvalue weighted by atomic mass is 9.95. The standard InChI is InChI=1S/C16H14Cl2N2/c1-10-19-15(11-2-6-13(17)7-3-11)16(20-10)12-4-8-14(18)9-5-12/h2-9,15-16H,1H3,(H,19,20)/t15-,16+. The normalized spacial score (nSPS) is 21.4. The van der Waals surface area contributed by atoms with Crippen molar-refractivity contribution in [2.24, 2.45) is 4.99 Å². The van der Waals surface area contributed by atoms with Crippen LogP contribution in [-0.2, 0) is 0 Å². The van der Waals surface area contributed by atoms with Crippen LogP contribution in [-0.4, -0.2) is 5.84 Å². The highest BCUT2D eigenvalue weighted by Gasteiger charge is 2.29. The Balaban J connectivity index is 1.95. The van der Waals surface area contributed by atoms with Crippen LogP contribution in [0.3, 0.4) is 0 Å². The number of nitrogens with one attached hydrogen (secondary N) is 1. The zero-order valence-corrected chi connectivity index (χ0v) is 12.5. The third-order valence-electron chi connectivity index (χ3n) is 3.45. The molecule has 0 amide bonds. The van der Waals surface area contributed by atoms with Crippen LogP contribution < -0.4 is 5.32 Å². The molecule has 1 heterocycles. The summed E-state index contributed by atoms with van der Waals surface area (Å²) in [5.74, 6) is 0.949. The van der Waals surface area contributed by atoms with Crippen molar-refractivity contribution in [3.8, 4) is 0 Å². The van der Waals surface area contributed by atoms with E-state index in [1.807, 2.05) is 55.5 Å². The van der Waals surface area contributed by atoms with Gasteiger partial charge in [-0.15, -0.1) is 0 Å². The maximum atomic E-state index is 5.95. The molecule has 2 aromatic carbocycles. The molecule has 2 aromatic rings. The van der Waals surface area contributed by atoms with Crippen molar-refractivity contribution in [3.05, 3.63) is 69.7 Å². The van der Waals surface area contributed by atoms with E-state index in [1.54, 1.807) is 0 Å². The Bertz CT molecular complexity index is 633. The van der Waals surface area contributed by atoms with Gasteiger partial charge >= 0.3 is 0 Å². The monoisotopic (exact) mass is 304 g/mol. The van der Waals surface area contributed by atoms with Crippen molar-refractivity contribution >= 4 is 29.0 Å². The number of benzene rings is 2. The molecule has 1 N–H and O–H groups in total. The van der Waals surface area contributed by atoms with Gasteiger partial charge in [-0.1, -0.05) is 47.5 Å². The van der Waals surface area contributed by atoms with E-state index in [-0.39, 0.29) is 12.1 Å². The second kappa shape index (κ2) is 5.47. The van der Waals surface area contributed by atoms with Gasteiger partial charge in [0.1, 0.15) is 6.04 Å². The largest absolute Gasteiger partial charge is 0.365 e. The molecule has 0 bridgehead atoms. The highest BCUT2D eigenvalue weighted by molar-refractivity contribution is 6.30. The molecule has 0 radical (unpaired) electrons. The Morgan fingerprint density at radius 2 is 1.35 bits per heavy atom. The van der Waals surface area contributed by atoms with Crippen LogP contribution in [0.15, 0.2) is 53.5 Å². The predicted octanol–water partition coefficient (Wildman–Crippen LogP) is 4.80. The molecular formula is C16H14Cl2N2. The fraction of sp³-hybridized carbons (Fsp3) is 0.188. The molecule has 1 aliphatic rings. The van der Waals surface area contributed by atoms with Crippen molar-refractivity contribution in [1.82, 2.24) is 5.32 Å². The summed E-state index contributed by atoms with van der Waals surface area (Å²) in [6.07, 6.45) is 0. The third kappa shape index (κ3) is 2.67. The van der Waals surface area contributed by atoms with E-state index >= 15 is 0 Å². The summed E-state index contributed by atoms with van der Waals surface area (Å²) in [6.45, 7) is 1.98. The highest BCUT2D eigenvalue weighted by atomic mass is 35.5. The van der Waals surface area contributed by atoms with Gasteiger partial charge in [-0.2, -0.15) is 0 Å². The second-order valence-corrected chi connectivity index (χ2v) is 5.76. The fourth-order valence-electron chi connectivity index (χ4n) is 2.49. The van der Waals surface area contributed by atoms with E-state index in [9.17, 15) is 0 Å². The van der Waals surface area contributed by atoms with Crippen molar-refractivity contribution in [2.75, 3.05) is 0 Å². The van der Waals surface area contributed by atoms with E-state index in [4.69, 9.17) is 28.2 Å². The van der Waals surface area contributed by atoms with E-state index in [0.717, 1.165) is 21.4 Å². The quantitative estimate of drug-likeness (QED) is 0.847. The minimum absolute atomic E-state index is 0.0634. The van der Waals surface area contributed by atoms with Crippen LogP contribution in [0.4, 0.5) is 0 Å². The van der Waals surface area contributed by atoms with Crippen LogP contribution in [0.2, 0.25) is 10.0 Å². The molecule has 1 aliphatic heterocycles. The molecule has 2 nitrogen and oxygen atoms in total.